The van der Waals surface area contributed by atoms with E-state index in [1.54, 1.807) is 6.21 Å². The first kappa shape index (κ1) is 20.5. The molecule has 0 unspecified atom stereocenters. The van der Waals surface area contributed by atoms with Gasteiger partial charge in [-0.25, -0.2) is 5.43 Å². The molecular weight excluding hydrogens is 344 g/mol. The van der Waals surface area contributed by atoms with Gasteiger partial charge < -0.3 is 14.2 Å². The number of ether oxygens (including phenoxy) is 3. The maximum Gasteiger partial charge on any atom is 0.273 e. The molecule has 1 amide bonds. The van der Waals surface area contributed by atoms with E-state index in [2.05, 4.69) is 10.5 Å². The minimum Gasteiger partial charge on any atom is -0.490 e. The van der Waals surface area contributed by atoms with Crippen molar-refractivity contribution < 1.29 is 19.0 Å². The Kier molecular flexibility index (Phi) is 8.32. The predicted molar refractivity (Wildman–Crippen MR) is 105 cm³/mol. The van der Waals surface area contributed by atoms with E-state index < -0.39 is 6.10 Å². The summed E-state index contributed by atoms with van der Waals surface area (Å²) in [6.45, 7) is 5.12. The van der Waals surface area contributed by atoms with Crippen LogP contribution in [0, 0.1) is 0 Å². The summed E-state index contributed by atoms with van der Waals surface area (Å²) in [6.07, 6.45) is 1.76. The SMILES string of the molecule is CCCOc1ccc(/C=N\NC(=O)[C@@H](OC)c2ccccc2)cc1OCC. The molecular formula is C21H26N2O4. The first-order chi connectivity index (χ1) is 13.2. The Labute approximate surface area is 160 Å². The molecule has 0 aromatic heterocycles. The predicted octanol–water partition coefficient (Wildman–Crippen LogP) is 3.71. The lowest BCUT2D eigenvalue weighted by Gasteiger charge is -2.13. The van der Waals surface area contributed by atoms with Crippen molar-refractivity contribution in [3.8, 4) is 11.5 Å². The zero-order chi connectivity index (χ0) is 19.5. The fraction of sp³-hybridized carbons (Fsp3) is 0.333. The molecule has 2 aromatic carbocycles. The second-order valence-corrected chi connectivity index (χ2v) is 5.75. The van der Waals surface area contributed by atoms with E-state index in [1.165, 1.54) is 7.11 Å². The Morgan fingerprint density at radius 1 is 1.11 bits per heavy atom. The molecule has 6 heteroatoms. The highest BCUT2D eigenvalue weighted by Crippen LogP contribution is 2.28. The number of nitrogens with one attached hydrogen (secondary N) is 1. The van der Waals surface area contributed by atoms with Crippen molar-refractivity contribution in [3.63, 3.8) is 0 Å². The average molecular weight is 370 g/mol. The van der Waals surface area contributed by atoms with E-state index in [1.807, 2.05) is 62.4 Å². The number of hydrogen-bond acceptors (Lipinski definition) is 5. The molecule has 0 saturated carbocycles. The van der Waals surface area contributed by atoms with Crippen LogP contribution in [-0.2, 0) is 9.53 Å². The number of methoxy groups -OCH3 is 1. The van der Waals surface area contributed by atoms with Crippen LogP contribution in [0.1, 0.15) is 37.5 Å². The molecule has 27 heavy (non-hydrogen) atoms. The third-order valence-corrected chi connectivity index (χ3v) is 3.69. The molecule has 0 heterocycles. The van der Waals surface area contributed by atoms with E-state index in [0.717, 1.165) is 17.5 Å². The van der Waals surface area contributed by atoms with Gasteiger partial charge in [-0.1, -0.05) is 37.3 Å². The number of carbonyl (C=O) groups excluding carboxylic acids is 1. The summed E-state index contributed by atoms with van der Waals surface area (Å²) in [5.41, 5.74) is 4.07. The Bertz CT molecular complexity index is 747. The summed E-state index contributed by atoms with van der Waals surface area (Å²) in [7, 11) is 1.49. The van der Waals surface area contributed by atoms with Crippen LogP contribution in [0.3, 0.4) is 0 Å². The summed E-state index contributed by atoms with van der Waals surface area (Å²) >= 11 is 0. The lowest BCUT2D eigenvalue weighted by Crippen LogP contribution is -2.26. The van der Waals surface area contributed by atoms with E-state index in [9.17, 15) is 4.79 Å². The van der Waals surface area contributed by atoms with Gasteiger partial charge in [0.2, 0.25) is 0 Å². The van der Waals surface area contributed by atoms with Crippen LogP contribution in [0.25, 0.3) is 0 Å². The van der Waals surface area contributed by atoms with Crippen molar-refractivity contribution in [1.29, 1.82) is 0 Å². The number of rotatable bonds is 10. The van der Waals surface area contributed by atoms with Crippen molar-refractivity contribution in [3.05, 3.63) is 59.7 Å². The normalized spacial score (nSPS) is 12.0. The van der Waals surface area contributed by atoms with Crippen molar-refractivity contribution in [2.24, 2.45) is 5.10 Å². The van der Waals surface area contributed by atoms with Gasteiger partial charge in [0, 0.05) is 7.11 Å². The third-order valence-electron chi connectivity index (χ3n) is 3.69. The second kappa shape index (κ2) is 11.0. The van der Waals surface area contributed by atoms with Crippen molar-refractivity contribution in [1.82, 2.24) is 5.43 Å². The fourth-order valence-electron chi connectivity index (χ4n) is 2.46. The lowest BCUT2D eigenvalue weighted by molar-refractivity contribution is -0.131. The molecule has 0 aliphatic heterocycles. The maximum atomic E-state index is 12.3. The van der Waals surface area contributed by atoms with Gasteiger partial charge in [0.15, 0.2) is 17.6 Å². The van der Waals surface area contributed by atoms with Gasteiger partial charge in [0.1, 0.15) is 0 Å². The summed E-state index contributed by atoms with van der Waals surface area (Å²) in [5, 5.41) is 4.03. The Hall–Kier alpha value is -2.86. The van der Waals surface area contributed by atoms with Crippen LogP contribution in [0.15, 0.2) is 53.6 Å². The summed E-state index contributed by atoms with van der Waals surface area (Å²) in [6, 6.07) is 14.8. The number of hydrogen-bond donors (Lipinski definition) is 1. The highest BCUT2D eigenvalue weighted by atomic mass is 16.5. The van der Waals surface area contributed by atoms with Gasteiger partial charge in [-0.05, 0) is 42.7 Å². The summed E-state index contributed by atoms with van der Waals surface area (Å²) < 4.78 is 16.6. The molecule has 0 spiro atoms. The molecule has 0 aliphatic rings. The molecule has 1 atom stereocenters. The van der Waals surface area contributed by atoms with Crippen LogP contribution in [-0.4, -0.2) is 32.4 Å². The van der Waals surface area contributed by atoms with Gasteiger partial charge in [-0.3, -0.25) is 4.79 Å². The van der Waals surface area contributed by atoms with Crippen LogP contribution < -0.4 is 14.9 Å². The highest BCUT2D eigenvalue weighted by Gasteiger charge is 2.19. The Morgan fingerprint density at radius 3 is 2.56 bits per heavy atom. The molecule has 0 radical (unpaired) electrons. The molecule has 0 fully saturated rings. The van der Waals surface area contributed by atoms with E-state index in [4.69, 9.17) is 14.2 Å². The first-order valence-corrected chi connectivity index (χ1v) is 8.99. The van der Waals surface area contributed by atoms with Gasteiger partial charge in [0.05, 0.1) is 19.4 Å². The molecule has 6 nitrogen and oxygen atoms in total. The molecule has 2 rings (SSSR count). The summed E-state index contributed by atoms with van der Waals surface area (Å²) in [5.74, 6) is 1.01. The largest absolute Gasteiger partial charge is 0.490 e. The van der Waals surface area contributed by atoms with Crippen molar-refractivity contribution in [2.45, 2.75) is 26.4 Å². The quantitative estimate of drug-likeness (QED) is 0.511. The minimum atomic E-state index is -0.716. The molecule has 1 N–H and O–H groups in total. The highest BCUT2D eigenvalue weighted by molar-refractivity contribution is 5.85. The third kappa shape index (κ3) is 6.11. The van der Waals surface area contributed by atoms with Gasteiger partial charge in [-0.2, -0.15) is 5.10 Å². The Morgan fingerprint density at radius 2 is 1.89 bits per heavy atom. The van der Waals surface area contributed by atoms with Crippen LogP contribution in [0.2, 0.25) is 0 Å². The zero-order valence-corrected chi connectivity index (χ0v) is 16.0. The van der Waals surface area contributed by atoms with Crippen LogP contribution in [0.4, 0.5) is 0 Å². The van der Waals surface area contributed by atoms with Crippen molar-refractivity contribution in [2.75, 3.05) is 20.3 Å². The van der Waals surface area contributed by atoms with Gasteiger partial charge in [0.25, 0.3) is 5.91 Å². The van der Waals surface area contributed by atoms with Gasteiger partial charge in [-0.15, -0.1) is 0 Å². The second-order valence-electron chi connectivity index (χ2n) is 5.75. The molecule has 0 aliphatic carbocycles. The molecule has 2 aromatic rings. The monoisotopic (exact) mass is 370 g/mol. The zero-order valence-electron chi connectivity index (χ0n) is 16.0. The van der Waals surface area contributed by atoms with E-state index in [0.29, 0.717) is 24.7 Å². The topological polar surface area (TPSA) is 69.2 Å². The maximum absolute atomic E-state index is 12.3. The number of amides is 1. The summed E-state index contributed by atoms with van der Waals surface area (Å²) in [4.78, 5) is 12.3. The van der Waals surface area contributed by atoms with Crippen LogP contribution >= 0.6 is 0 Å². The average Bonchev–Trinajstić information content (AvgIpc) is 2.69. The first-order valence-electron chi connectivity index (χ1n) is 8.99. The van der Waals surface area contributed by atoms with Crippen LogP contribution in [0.5, 0.6) is 11.5 Å². The molecule has 0 bridgehead atoms. The standard InChI is InChI=1S/C21H26N2O4/c1-4-13-27-18-12-11-16(14-19(18)26-5-2)15-22-23-21(24)20(25-3)17-9-7-6-8-10-17/h6-12,14-15,20H,4-5,13H2,1-3H3,(H,23,24)/b22-15-/t20-/m0/s1. The number of carbonyl (C=O) groups is 1. The van der Waals surface area contributed by atoms with Crippen molar-refractivity contribution >= 4 is 12.1 Å². The van der Waals surface area contributed by atoms with E-state index in [-0.39, 0.29) is 5.91 Å². The smallest absolute Gasteiger partial charge is 0.273 e. The Balaban J connectivity index is 2.04. The fourth-order valence-corrected chi connectivity index (χ4v) is 2.46. The van der Waals surface area contributed by atoms with Gasteiger partial charge >= 0.3 is 0 Å². The number of benzene rings is 2. The lowest BCUT2D eigenvalue weighted by atomic mass is 10.1. The number of hydrazone groups is 1. The molecule has 0 saturated heterocycles. The minimum absolute atomic E-state index is 0.340. The number of nitrogens with zero attached hydrogens (tertiary/aromatic N) is 1. The van der Waals surface area contributed by atoms with E-state index >= 15 is 0 Å². The molecule has 144 valence electrons.